The van der Waals surface area contributed by atoms with Crippen LogP contribution >= 0.6 is 0 Å². The summed E-state index contributed by atoms with van der Waals surface area (Å²) < 4.78 is 5.02. The van der Waals surface area contributed by atoms with Gasteiger partial charge in [-0.3, -0.25) is 0 Å². The Morgan fingerprint density at radius 1 is 1.36 bits per heavy atom. The Morgan fingerprint density at radius 3 is 2.61 bits per heavy atom. The second-order valence-corrected chi connectivity index (χ2v) is 8.84. The summed E-state index contributed by atoms with van der Waals surface area (Å²) in [5.74, 6) is -0.433. The lowest BCUT2D eigenvalue weighted by molar-refractivity contribution is -0.151. The number of rotatable bonds is 7. The summed E-state index contributed by atoms with van der Waals surface area (Å²) in [6.45, 7) is 9.68. The zero-order valence-corrected chi connectivity index (χ0v) is 17.4. The van der Waals surface area contributed by atoms with E-state index in [4.69, 9.17) is 4.74 Å². The van der Waals surface area contributed by atoms with Gasteiger partial charge >= 0.3 is 5.97 Å². The Hall–Kier alpha value is -1.21. The third-order valence-corrected chi connectivity index (χ3v) is 7.31. The highest BCUT2D eigenvalue weighted by Gasteiger charge is 2.57. The molecule has 2 aliphatic rings. The van der Waals surface area contributed by atoms with Gasteiger partial charge in [-0.2, -0.15) is 0 Å². The predicted molar refractivity (Wildman–Crippen MR) is 106 cm³/mol. The maximum Gasteiger partial charge on any atom is 0.336 e. The average molecular weight is 397 g/mol. The van der Waals surface area contributed by atoms with Gasteiger partial charge in [0.1, 0.15) is 6.10 Å². The van der Waals surface area contributed by atoms with Crippen molar-refractivity contribution in [2.75, 3.05) is 19.8 Å². The molecule has 1 unspecified atom stereocenters. The van der Waals surface area contributed by atoms with E-state index in [2.05, 4.69) is 13.5 Å². The molecular formula is C22H36O6. The zero-order valence-electron chi connectivity index (χ0n) is 17.4. The van der Waals surface area contributed by atoms with Gasteiger partial charge in [0.2, 0.25) is 0 Å². The van der Waals surface area contributed by atoms with E-state index < -0.39 is 30.2 Å². The van der Waals surface area contributed by atoms with Crippen LogP contribution in [0.1, 0.15) is 52.9 Å². The highest BCUT2D eigenvalue weighted by atomic mass is 16.5. The molecule has 0 aromatic rings. The number of hydrogen-bond donors (Lipinski definition) is 4. The molecule has 28 heavy (non-hydrogen) atoms. The molecular weight excluding hydrogens is 360 g/mol. The minimum atomic E-state index is -1.28. The summed E-state index contributed by atoms with van der Waals surface area (Å²) in [7, 11) is 0. The molecule has 4 N–H and O–H groups in total. The van der Waals surface area contributed by atoms with Crippen LogP contribution in [0, 0.1) is 22.7 Å². The Bertz CT molecular complexity index is 614. The summed E-state index contributed by atoms with van der Waals surface area (Å²) in [5.41, 5.74) is 0.425. The number of ether oxygens (including phenoxy) is 1. The number of hydrogen-bond acceptors (Lipinski definition) is 6. The van der Waals surface area contributed by atoms with Crippen LogP contribution in [0.4, 0.5) is 0 Å². The van der Waals surface area contributed by atoms with Crippen molar-refractivity contribution in [2.24, 2.45) is 22.7 Å². The van der Waals surface area contributed by atoms with Gasteiger partial charge in [-0.15, -0.1) is 0 Å². The third kappa shape index (κ3) is 4.06. The second kappa shape index (κ2) is 9.08. The normalized spacial score (nSPS) is 37.3. The van der Waals surface area contributed by atoms with Gasteiger partial charge in [-0.05, 0) is 56.3 Å². The number of carbonyl (C=O) groups excluding carboxylic acids is 1. The number of esters is 1. The lowest BCUT2D eigenvalue weighted by atomic mass is 9.46. The lowest BCUT2D eigenvalue weighted by Crippen LogP contribution is -2.57. The monoisotopic (exact) mass is 396 g/mol. The van der Waals surface area contributed by atoms with Gasteiger partial charge in [0.25, 0.3) is 0 Å². The highest BCUT2D eigenvalue weighted by molar-refractivity contribution is 5.89. The molecule has 0 aliphatic heterocycles. The molecule has 160 valence electrons. The molecule has 2 saturated carbocycles. The fraction of sp³-hybridized carbons (Fsp3) is 0.773. The number of allylic oxidation sites excluding steroid dienone is 2. The summed E-state index contributed by atoms with van der Waals surface area (Å²) in [4.78, 5) is 12.2. The molecule has 0 saturated heterocycles. The molecule has 2 fully saturated rings. The van der Waals surface area contributed by atoms with E-state index in [-0.39, 0.29) is 36.0 Å². The highest BCUT2D eigenvalue weighted by Crippen LogP contribution is 2.61. The minimum Gasteiger partial charge on any atom is -0.463 e. The minimum absolute atomic E-state index is 0.0555. The maximum atomic E-state index is 12.2. The Kier molecular flexibility index (Phi) is 7.48. The molecule has 6 heteroatoms. The molecule has 6 atom stereocenters. The van der Waals surface area contributed by atoms with Crippen LogP contribution in [0.25, 0.3) is 0 Å². The first-order chi connectivity index (χ1) is 13.2. The van der Waals surface area contributed by atoms with Crippen LogP contribution in [0.2, 0.25) is 0 Å². The van der Waals surface area contributed by atoms with Gasteiger partial charge in [0.15, 0.2) is 0 Å². The molecule has 2 aliphatic carbocycles. The van der Waals surface area contributed by atoms with Crippen LogP contribution in [0.3, 0.4) is 0 Å². The van der Waals surface area contributed by atoms with Crippen LogP contribution < -0.4 is 0 Å². The second-order valence-electron chi connectivity index (χ2n) is 8.84. The Balaban J connectivity index is 2.34. The van der Waals surface area contributed by atoms with Crippen molar-refractivity contribution in [3.8, 4) is 0 Å². The van der Waals surface area contributed by atoms with Crippen LogP contribution in [-0.2, 0) is 9.53 Å². The fourth-order valence-electron chi connectivity index (χ4n) is 5.55. The molecule has 2 rings (SSSR count). The largest absolute Gasteiger partial charge is 0.463 e. The first-order valence-corrected chi connectivity index (χ1v) is 10.3. The van der Waals surface area contributed by atoms with Crippen LogP contribution in [0.5, 0.6) is 0 Å². The van der Waals surface area contributed by atoms with Crippen molar-refractivity contribution >= 4 is 5.97 Å². The van der Waals surface area contributed by atoms with Crippen LogP contribution in [0.15, 0.2) is 23.8 Å². The average Bonchev–Trinajstić information content (AvgIpc) is 2.67. The summed E-state index contributed by atoms with van der Waals surface area (Å²) in [6, 6.07) is 0. The van der Waals surface area contributed by atoms with Crippen LogP contribution in [-0.4, -0.2) is 58.4 Å². The lowest BCUT2D eigenvalue weighted by Gasteiger charge is -2.59. The topological polar surface area (TPSA) is 107 Å². The van der Waals surface area contributed by atoms with Gasteiger partial charge in [0.05, 0.1) is 31.5 Å². The first kappa shape index (κ1) is 23.1. The van der Waals surface area contributed by atoms with Crippen molar-refractivity contribution in [3.63, 3.8) is 0 Å². The molecule has 0 aromatic carbocycles. The van der Waals surface area contributed by atoms with Crippen molar-refractivity contribution in [1.82, 2.24) is 0 Å². The zero-order chi connectivity index (χ0) is 21.1. The van der Waals surface area contributed by atoms with E-state index in [9.17, 15) is 25.2 Å². The third-order valence-electron chi connectivity index (χ3n) is 7.31. The Morgan fingerprint density at radius 2 is 2.04 bits per heavy atom. The standard InChI is InChI=1S/C22H36O6/c1-5-28-20(27)15(17(25)12-23)7-8-16-14(2)6-9-18-21(16,3)11-10-19(26)22(18,4)13-24/h7,16-19,23-26H,2,5-6,8-13H2,1,3-4H3/b15-7+/t16-,17-,18?,19-,21+,22+/m1/s1. The molecule has 0 bridgehead atoms. The van der Waals surface area contributed by atoms with E-state index in [1.807, 2.05) is 6.92 Å². The number of carbonyl (C=O) groups is 1. The fourth-order valence-corrected chi connectivity index (χ4v) is 5.55. The van der Waals surface area contributed by atoms with Crippen molar-refractivity contribution in [1.29, 1.82) is 0 Å². The predicted octanol–water partition coefficient (Wildman–Crippen LogP) is 1.96. The molecule has 0 spiro atoms. The quantitative estimate of drug-likeness (QED) is 0.298. The SMILES string of the molecule is C=C1CCC2[C@](C)(CO)[C@H](O)CC[C@@]2(C)[C@@H]1C/C=C(/C(=O)OCC)[C@H](O)CO. The molecule has 0 aromatic heterocycles. The molecule has 0 radical (unpaired) electrons. The number of fused-ring (bicyclic) bond motifs is 1. The number of aliphatic hydroxyl groups excluding tert-OH is 4. The van der Waals surface area contributed by atoms with E-state index >= 15 is 0 Å². The van der Waals surface area contributed by atoms with E-state index in [1.165, 1.54) is 0 Å². The van der Waals surface area contributed by atoms with E-state index in [0.717, 1.165) is 24.8 Å². The van der Waals surface area contributed by atoms with Gasteiger partial charge < -0.3 is 25.2 Å². The number of aliphatic hydroxyl groups is 4. The smallest absolute Gasteiger partial charge is 0.336 e. The summed E-state index contributed by atoms with van der Waals surface area (Å²) in [6.07, 6.45) is 3.44. The maximum absolute atomic E-state index is 12.2. The molecule has 0 amide bonds. The van der Waals surface area contributed by atoms with Crippen molar-refractivity contribution in [2.45, 2.75) is 65.1 Å². The summed E-state index contributed by atoms with van der Waals surface area (Å²) in [5, 5.41) is 40.0. The summed E-state index contributed by atoms with van der Waals surface area (Å²) >= 11 is 0. The molecule has 6 nitrogen and oxygen atoms in total. The van der Waals surface area contributed by atoms with Gasteiger partial charge in [-0.1, -0.05) is 32.1 Å². The van der Waals surface area contributed by atoms with Gasteiger partial charge in [0, 0.05) is 5.41 Å². The van der Waals surface area contributed by atoms with Crippen molar-refractivity contribution in [3.05, 3.63) is 23.8 Å². The van der Waals surface area contributed by atoms with Crippen molar-refractivity contribution < 1.29 is 30.0 Å². The van der Waals surface area contributed by atoms with Gasteiger partial charge in [-0.25, -0.2) is 4.79 Å². The first-order valence-electron chi connectivity index (χ1n) is 10.3. The Labute approximate surface area is 167 Å². The van der Waals surface area contributed by atoms with E-state index in [0.29, 0.717) is 12.8 Å². The molecule has 0 heterocycles. The van der Waals surface area contributed by atoms with E-state index in [1.54, 1.807) is 13.0 Å².